The number of ether oxygens (including phenoxy) is 1. The van der Waals surface area contributed by atoms with Crippen LogP contribution in [0.15, 0.2) is 76.4 Å². The highest BCUT2D eigenvalue weighted by Gasteiger charge is 2.35. The second-order valence-corrected chi connectivity index (χ2v) is 14.1. The van der Waals surface area contributed by atoms with Crippen LogP contribution in [0, 0.1) is 5.41 Å². The third kappa shape index (κ3) is 9.34. The molecule has 2 heterocycles. The third-order valence-corrected chi connectivity index (χ3v) is 8.30. The zero-order valence-electron chi connectivity index (χ0n) is 23.7. The number of carboxylic acids is 1. The molecule has 0 aliphatic heterocycles. The van der Waals surface area contributed by atoms with Crippen LogP contribution in [0.5, 0.6) is 0 Å². The number of benzene rings is 1. The Labute approximate surface area is 249 Å². The summed E-state index contributed by atoms with van der Waals surface area (Å²) in [5.41, 5.74) is 0.109. The van der Waals surface area contributed by atoms with Crippen molar-refractivity contribution in [2.75, 3.05) is 0 Å². The van der Waals surface area contributed by atoms with Gasteiger partial charge in [-0.2, -0.15) is 4.31 Å². The fourth-order valence-electron chi connectivity index (χ4n) is 4.07. The Morgan fingerprint density at radius 1 is 0.976 bits per heavy atom. The van der Waals surface area contributed by atoms with Crippen LogP contribution in [-0.4, -0.2) is 51.5 Å². The van der Waals surface area contributed by atoms with E-state index < -0.39 is 39.1 Å². The van der Waals surface area contributed by atoms with Crippen LogP contribution < -0.4 is 5.32 Å². The van der Waals surface area contributed by atoms with E-state index in [0.717, 1.165) is 10.0 Å². The predicted octanol–water partition coefficient (Wildman–Crippen LogP) is 5.18. The summed E-state index contributed by atoms with van der Waals surface area (Å²) in [6, 6.07) is 16.2. The minimum Gasteiger partial charge on any atom is -0.480 e. The van der Waals surface area contributed by atoms with Crippen molar-refractivity contribution < 1.29 is 27.9 Å². The second-order valence-electron chi connectivity index (χ2n) is 11.3. The first-order valence-corrected chi connectivity index (χ1v) is 15.1. The molecule has 0 aliphatic carbocycles. The van der Waals surface area contributed by atoms with Crippen molar-refractivity contribution >= 4 is 38.0 Å². The molecule has 1 unspecified atom stereocenters. The summed E-state index contributed by atoms with van der Waals surface area (Å²) in [5, 5.41) is 11.9. The van der Waals surface area contributed by atoms with E-state index in [4.69, 9.17) is 4.74 Å². The zero-order chi connectivity index (χ0) is 30.4. The lowest BCUT2D eigenvalue weighted by Crippen LogP contribution is -2.50. The number of hydrogen-bond donors (Lipinski definition) is 2. The lowest BCUT2D eigenvalue weighted by Gasteiger charge is -2.30. The van der Waals surface area contributed by atoms with E-state index in [1.807, 2.05) is 24.3 Å². The smallest absolute Gasteiger partial charge is 0.408 e. The van der Waals surface area contributed by atoms with Gasteiger partial charge in [-0.1, -0.05) is 61.0 Å². The molecule has 2 aromatic heterocycles. The molecule has 0 fully saturated rings. The number of hydrogen-bond acceptors (Lipinski definition) is 7. The Bertz CT molecular complexity index is 1460. The molecule has 1 amide bonds. The second kappa shape index (κ2) is 13.1. The summed E-state index contributed by atoms with van der Waals surface area (Å²) >= 11 is 3.40. The van der Waals surface area contributed by atoms with Gasteiger partial charge in [-0.25, -0.2) is 23.0 Å². The molecule has 1 atom stereocenters. The molecular formula is C29H35BrN4O6S. The first kappa shape index (κ1) is 32.2. The van der Waals surface area contributed by atoms with E-state index in [2.05, 4.69) is 31.2 Å². The predicted molar refractivity (Wildman–Crippen MR) is 157 cm³/mol. The van der Waals surface area contributed by atoms with Crippen molar-refractivity contribution in [1.82, 2.24) is 19.6 Å². The monoisotopic (exact) mass is 646 g/mol. The number of alkyl carbamates (subject to hydrolysis) is 1. The number of carbonyl (C=O) groups excluding carboxylic acids is 1. The number of nitrogens with zero attached hydrogens (tertiary/aromatic N) is 3. The molecule has 0 radical (unpaired) electrons. The van der Waals surface area contributed by atoms with E-state index in [0.29, 0.717) is 11.4 Å². The maximum atomic E-state index is 13.6. The van der Waals surface area contributed by atoms with Crippen LogP contribution in [0.2, 0.25) is 0 Å². The fraction of sp³-hybridized carbons (Fsp3) is 0.379. The molecule has 3 aromatic rings. The van der Waals surface area contributed by atoms with E-state index in [-0.39, 0.29) is 24.5 Å². The van der Waals surface area contributed by atoms with Gasteiger partial charge in [0, 0.05) is 29.3 Å². The Morgan fingerprint density at radius 2 is 1.63 bits per heavy atom. The van der Waals surface area contributed by atoms with Gasteiger partial charge in [0.2, 0.25) is 0 Å². The number of rotatable bonds is 11. The number of carbonyl (C=O) groups is 2. The summed E-state index contributed by atoms with van der Waals surface area (Å²) in [4.78, 5) is 32.9. The summed E-state index contributed by atoms with van der Waals surface area (Å²) in [5.74, 6) is -1.16. The number of aromatic nitrogens is 2. The molecule has 220 valence electrons. The molecule has 0 aliphatic rings. The highest BCUT2D eigenvalue weighted by Crippen LogP contribution is 2.23. The largest absolute Gasteiger partial charge is 0.480 e. The van der Waals surface area contributed by atoms with Crippen LogP contribution in [0.3, 0.4) is 0 Å². The topological polar surface area (TPSA) is 139 Å². The SMILES string of the molecule is CC(C)(Cc1cccc(CN(Cc2ccc(Br)cc2)S(=O)(=O)c2ccccn2)n1)OC(=O)NC(C(=O)O)C(C)(C)C. The van der Waals surface area contributed by atoms with Gasteiger partial charge in [0.05, 0.1) is 12.2 Å². The molecule has 10 nitrogen and oxygen atoms in total. The van der Waals surface area contributed by atoms with Gasteiger partial charge in [-0.3, -0.25) is 4.98 Å². The number of carboxylic acid groups (broad SMARTS) is 1. The number of halogens is 1. The van der Waals surface area contributed by atoms with E-state index in [9.17, 15) is 23.1 Å². The molecule has 41 heavy (non-hydrogen) atoms. The standard InChI is InChI=1S/C29H35BrN4O6S/c1-28(2,3)25(26(35)36)33-27(37)40-29(4,5)17-22-9-8-10-23(32-22)19-34(18-20-12-14-21(30)15-13-20)41(38,39)24-11-6-7-16-31-24/h6-16,25H,17-19H2,1-5H3,(H,33,37)(H,35,36). The number of pyridine rings is 2. The maximum Gasteiger partial charge on any atom is 0.408 e. The van der Waals surface area contributed by atoms with E-state index in [1.54, 1.807) is 65.0 Å². The van der Waals surface area contributed by atoms with Crippen LogP contribution >= 0.6 is 15.9 Å². The van der Waals surface area contributed by atoms with Crippen molar-refractivity contribution in [2.45, 2.75) is 70.8 Å². The van der Waals surface area contributed by atoms with E-state index >= 15 is 0 Å². The number of amides is 1. The van der Waals surface area contributed by atoms with Gasteiger partial charge >= 0.3 is 12.1 Å². The van der Waals surface area contributed by atoms with Crippen LogP contribution in [-0.2, 0) is 39.1 Å². The van der Waals surface area contributed by atoms with Crippen LogP contribution in [0.4, 0.5) is 4.79 Å². The molecule has 2 N–H and O–H groups in total. The molecule has 12 heteroatoms. The fourth-order valence-corrected chi connectivity index (χ4v) is 5.66. The van der Waals surface area contributed by atoms with Crippen LogP contribution in [0.1, 0.15) is 51.6 Å². The lowest BCUT2D eigenvalue weighted by molar-refractivity contribution is -0.142. The van der Waals surface area contributed by atoms with Crippen LogP contribution in [0.25, 0.3) is 0 Å². The van der Waals surface area contributed by atoms with Crippen molar-refractivity contribution in [3.63, 3.8) is 0 Å². The normalized spacial score (nSPS) is 13.0. The first-order chi connectivity index (χ1) is 19.1. The molecule has 0 spiro atoms. The molecule has 3 rings (SSSR count). The molecule has 1 aromatic carbocycles. The molecule has 0 saturated heterocycles. The quantitative estimate of drug-likeness (QED) is 0.291. The summed E-state index contributed by atoms with van der Waals surface area (Å²) in [6.45, 7) is 8.60. The van der Waals surface area contributed by atoms with Gasteiger partial charge in [-0.15, -0.1) is 0 Å². The Morgan fingerprint density at radius 3 is 2.22 bits per heavy atom. The molecule has 0 saturated carbocycles. The van der Waals surface area contributed by atoms with E-state index in [1.165, 1.54) is 16.6 Å². The average Bonchev–Trinajstić information content (AvgIpc) is 2.87. The highest BCUT2D eigenvalue weighted by atomic mass is 79.9. The van der Waals surface area contributed by atoms with Crippen molar-refractivity contribution in [1.29, 1.82) is 0 Å². The minimum atomic E-state index is -3.96. The number of nitrogens with one attached hydrogen (secondary N) is 1. The van der Waals surface area contributed by atoms with Gasteiger partial charge in [0.1, 0.15) is 11.6 Å². The van der Waals surface area contributed by atoms with Gasteiger partial charge in [0.15, 0.2) is 5.03 Å². The van der Waals surface area contributed by atoms with Crippen molar-refractivity contribution in [3.05, 3.63) is 88.3 Å². The van der Waals surface area contributed by atoms with Crippen molar-refractivity contribution in [2.24, 2.45) is 5.41 Å². The first-order valence-electron chi connectivity index (χ1n) is 12.9. The van der Waals surface area contributed by atoms with Crippen molar-refractivity contribution in [3.8, 4) is 0 Å². The Hall–Kier alpha value is -3.35. The zero-order valence-corrected chi connectivity index (χ0v) is 26.1. The summed E-state index contributed by atoms with van der Waals surface area (Å²) < 4.78 is 34.9. The molecular weight excluding hydrogens is 612 g/mol. The Balaban J connectivity index is 1.80. The summed E-state index contributed by atoms with van der Waals surface area (Å²) in [7, 11) is -3.96. The third-order valence-electron chi connectivity index (χ3n) is 6.07. The maximum absolute atomic E-state index is 13.6. The van der Waals surface area contributed by atoms with Gasteiger partial charge in [0.25, 0.3) is 10.0 Å². The Kier molecular flexibility index (Phi) is 10.3. The minimum absolute atomic E-state index is 0.0174. The lowest BCUT2D eigenvalue weighted by atomic mass is 9.87. The number of aliphatic carboxylic acids is 1. The highest BCUT2D eigenvalue weighted by molar-refractivity contribution is 9.10. The van der Waals surface area contributed by atoms with Gasteiger partial charge in [-0.05, 0) is 61.2 Å². The number of sulfonamides is 1. The molecule has 0 bridgehead atoms. The average molecular weight is 648 g/mol. The summed E-state index contributed by atoms with van der Waals surface area (Å²) in [6.07, 6.45) is 0.791. The van der Waals surface area contributed by atoms with Gasteiger partial charge < -0.3 is 15.2 Å².